The molecular formula is C18H21N5O. The summed E-state index contributed by atoms with van der Waals surface area (Å²) in [5.41, 5.74) is 3.01. The Bertz CT molecular complexity index is 861. The minimum Gasteiger partial charge on any atom is -0.361 e. The number of carbonyl (C=O) groups excluding carboxylic acids is 1. The Morgan fingerprint density at radius 1 is 1.42 bits per heavy atom. The maximum absolute atomic E-state index is 12.7. The lowest BCUT2D eigenvalue weighted by molar-refractivity contribution is 0.206. The molecule has 1 aliphatic rings. The van der Waals surface area contributed by atoms with Crippen LogP contribution in [-0.2, 0) is 13.1 Å². The predicted octanol–water partition coefficient (Wildman–Crippen LogP) is 3.58. The molecule has 1 aromatic carbocycles. The molecule has 0 bridgehead atoms. The number of rotatable bonds is 5. The van der Waals surface area contributed by atoms with Gasteiger partial charge in [-0.05, 0) is 48.9 Å². The third-order valence-corrected chi connectivity index (χ3v) is 4.43. The molecule has 0 spiro atoms. The predicted molar refractivity (Wildman–Crippen MR) is 93.8 cm³/mol. The quantitative estimate of drug-likeness (QED) is 0.753. The third kappa shape index (κ3) is 2.99. The summed E-state index contributed by atoms with van der Waals surface area (Å²) in [5, 5.41) is 8.34. The molecule has 1 fully saturated rings. The van der Waals surface area contributed by atoms with E-state index in [2.05, 4.69) is 39.7 Å². The summed E-state index contributed by atoms with van der Waals surface area (Å²) in [4.78, 5) is 17.8. The first-order valence-electron chi connectivity index (χ1n) is 8.39. The van der Waals surface area contributed by atoms with Crippen molar-refractivity contribution < 1.29 is 4.79 Å². The highest BCUT2D eigenvalue weighted by Gasteiger charge is 2.32. The van der Waals surface area contributed by atoms with Crippen molar-refractivity contribution in [2.45, 2.75) is 38.9 Å². The van der Waals surface area contributed by atoms with Crippen molar-refractivity contribution >= 4 is 22.6 Å². The Hall–Kier alpha value is -2.76. The number of carbonyl (C=O) groups is 1. The molecule has 24 heavy (non-hydrogen) atoms. The maximum Gasteiger partial charge on any atom is 0.322 e. The zero-order valence-corrected chi connectivity index (χ0v) is 13.7. The maximum atomic E-state index is 12.7. The summed E-state index contributed by atoms with van der Waals surface area (Å²) in [6.45, 7) is 3.44. The molecule has 0 unspecified atom stereocenters. The molecule has 124 valence electrons. The number of benzene rings is 1. The summed E-state index contributed by atoms with van der Waals surface area (Å²) in [7, 11) is 0. The molecular weight excluding hydrogens is 302 g/mol. The number of nitrogens with one attached hydrogen (secondary N) is 2. The number of H-pyrrole nitrogens is 1. The van der Waals surface area contributed by atoms with E-state index >= 15 is 0 Å². The number of urea groups is 1. The van der Waals surface area contributed by atoms with Crippen LogP contribution in [0.25, 0.3) is 10.9 Å². The summed E-state index contributed by atoms with van der Waals surface area (Å²) in [5.74, 6) is 0. The molecule has 6 heteroatoms. The highest BCUT2D eigenvalue weighted by atomic mass is 16.2. The van der Waals surface area contributed by atoms with Gasteiger partial charge in [0.15, 0.2) is 0 Å². The molecule has 1 saturated carbocycles. The molecule has 3 aromatic rings. The Balaban J connectivity index is 1.49. The molecule has 6 nitrogen and oxygen atoms in total. The second-order valence-corrected chi connectivity index (χ2v) is 6.27. The Kier molecular flexibility index (Phi) is 3.72. The van der Waals surface area contributed by atoms with Crippen LogP contribution in [-0.4, -0.2) is 31.7 Å². The van der Waals surface area contributed by atoms with Crippen LogP contribution in [0.5, 0.6) is 0 Å². The first-order chi connectivity index (χ1) is 11.7. The average Bonchev–Trinajstić information content (AvgIpc) is 3.14. The van der Waals surface area contributed by atoms with Crippen molar-refractivity contribution in [3.8, 4) is 0 Å². The number of aromatic nitrogens is 3. The Morgan fingerprint density at radius 2 is 2.29 bits per heavy atom. The van der Waals surface area contributed by atoms with E-state index in [1.807, 2.05) is 24.2 Å². The zero-order chi connectivity index (χ0) is 16.5. The van der Waals surface area contributed by atoms with Gasteiger partial charge in [-0.2, -0.15) is 5.10 Å². The number of fused-ring (bicyclic) bond motifs is 1. The Labute approximate surface area is 140 Å². The van der Waals surface area contributed by atoms with Gasteiger partial charge in [0.1, 0.15) is 0 Å². The lowest BCUT2D eigenvalue weighted by Crippen LogP contribution is -2.36. The van der Waals surface area contributed by atoms with Gasteiger partial charge in [-0.3, -0.25) is 4.68 Å². The van der Waals surface area contributed by atoms with Crippen molar-refractivity contribution in [1.82, 2.24) is 19.7 Å². The molecule has 2 aromatic heterocycles. The highest BCUT2D eigenvalue weighted by Crippen LogP contribution is 2.29. The third-order valence-electron chi connectivity index (χ3n) is 4.43. The normalized spacial score (nSPS) is 14.0. The number of hydrogen-bond donors (Lipinski definition) is 2. The second-order valence-electron chi connectivity index (χ2n) is 6.27. The lowest BCUT2D eigenvalue weighted by atomic mass is 10.1. The van der Waals surface area contributed by atoms with E-state index in [0.29, 0.717) is 12.6 Å². The first-order valence-corrected chi connectivity index (χ1v) is 8.39. The lowest BCUT2D eigenvalue weighted by Gasteiger charge is -2.22. The highest BCUT2D eigenvalue weighted by molar-refractivity contribution is 5.89. The van der Waals surface area contributed by atoms with Crippen LogP contribution >= 0.6 is 0 Å². The van der Waals surface area contributed by atoms with Gasteiger partial charge in [-0.15, -0.1) is 0 Å². The number of aromatic amines is 1. The van der Waals surface area contributed by atoms with Gasteiger partial charge in [0.2, 0.25) is 0 Å². The number of nitrogens with zero attached hydrogens (tertiary/aromatic N) is 3. The fourth-order valence-electron chi connectivity index (χ4n) is 2.95. The summed E-state index contributed by atoms with van der Waals surface area (Å²) >= 11 is 0. The monoisotopic (exact) mass is 323 g/mol. The van der Waals surface area contributed by atoms with E-state index in [-0.39, 0.29) is 6.03 Å². The second kappa shape index (κ2) is 6.03. The fourth-order valence-corrected chi connectivity index (χ4v) is 2.95. The molecule has 2 amide bonds. The van der Waals surface area contributed by atoms with Crippen LogP contribution in [0.1, 0.15) is 25.3 Å². The van der Waals surface area contributed by atoms with Crippen molar-refractivity contribution in [2.75, 3.05) is 5.32 Å². The number of aryl methyl sites for hydroxylation is 1. The SMILES string of the molecule is CCn1cc(NC(=O)N(Cc2ccc3[nH]ccc3c2)C2CC2)cn1. The van der Waals surface area contributed by atoms with E-state index in [4.69, 9.17) is 0 Å². The van der Waals surface area contributed by atoms with Gasteiger partial charge in [0.25, 0.3) is 0 Å². The van der Waals surface area contributed by atoms with Gasteiger partial charge in [-0.1, -0.05) is 6.07 Å². The van der Waals surface area contributed by atoms with Gasteiger partial charge < -0.3 is 15.2 Å². The van der Waals surface area contributed by atoms with Crippen molar-refractivity contribution in [3.63, 3.8) is 0 Å². The van der Waals surface area contributed by atoms with Gasteiger partial charge in [-0.25, -0.2) is 4.79 Å². The smallest absolute Gasteiger partial charge is 0.322 e. The summed E-state index contributed by atoms with van der Waals surface area (Å²) in [6, 6.07) is 8.63. The molecule has 0 radical (unpaired) electrons. The Morgan fingerprint density at radius 3 is 3.04 bits per heavy atom. The van der Waals surface area contributed by atoms with E-state index in [1.165, 1.54) is 5.39 Å². The zero-order valence-electron chi connectivity index (χ0n) is 13.7. The molecule has 0 saturated heterocycles. The van der Waals surface area contributed by atoms with E-state index in [1.54, 1.807) is 10.9 Å². The largest absolute Gasteiger partial charge is 0.361 e. The number of amides is 2. The summed E-state index contributed by atoms with van der Waals surface area (Å²) < 4.78 is 1.80. The summed E-state index contributed by atoms with van der Waals surface area (Å²) in [6.07, 6.45) is 7.64. The van der Waals surface area contributed by atoms with Crippen LogP contribution in [0.15, 0.2) is 42.9 Å². The molecule has 2 N–H and O–H groups in total. The van der Waals surface area contributed by atoms with Crippen LogP contribution in [0.4, 0.5) is 10.5 Å². The van der Waals surface area contributed by atoms with Gasteiger partial charge in [0, 0.05) is 37.0 Å². The standard InChI is InChI=1S/C18H21N5O/c1-2-22-12-15(10-20-22)21-18(24)23(16-4-5-16)11-13-3-6-17-14(9-13)7-8-19-17/h3,6-10,12,16,19H,2,4-5,11H2,1H3,(H,21,24). The van der Waals surface area contributed by atoms with Crippen LogP contribution in [0.2, 0.25) is 0 Å². The minimum absolute atomic E-state index is 0.0534. The molecule has 2 heterocycles. The molecule has 0 atom stereocenters. The van der Waals surface area contributed by atoms with Crippen LogP contribution in [0, 0.1) is 0 Å². The van der Waals surface area contributed by atoms with Crippen molar-refractivity contribution in [2.24, 2.45) is 0 Å². The van der Waals surface area contributed by atoms with Crippen molar-refractivity contribution in [1.29, 1.82) is 0 Å². The average molecular weight is 323 g/mol. The van der Waals surface area contributed by atoms with E-state index in [0.717, 1.165) is 36.2 Å². The van der Waals surface area contributed by atoms with E-state index < -0.39 is 0 Å². The number of anilines is 1. The molecule has 0 aliphatic heterocycles. The van der Waals surface area contributed by atoms with Crippen LogP contribution < -0.4 is 5.32 Å². The van der Waals surface area contributed by atoms with E-state index in [9.17, 15) is 4.79 Å². The molecule has 1 aliphatic carbocycles. The topological polar surface area (TPSA) is 66.0 Å². The van der Waals surface area contributed by atoms with Crippen molar-refractivity contribution in [3.05, 3.63) is 48.4 Å². The fraction of sp³-hybridized carbons (Fsp3) is 0.333. The first kappa shape index (κ1) is 14.8. The molecule has 4 rings (SSSR count). The van der Waals surface area contributed by atoms with Gasteiger partial charge >= 0.3 is 6.03 Å². The minimum atomic E-state index is -0.0534. The van der Waals surface area contributed by atoms with Crippen LogP contribution in [0.3, 0.4) is 0 Å². The number of hydrogen-bond acceptors (Lipinski definition) is 2. The van der Waals surface area contributed by atoms with Gasteiger partial charge in [0.05, 0.1) is 11.9 Å².